The monoisotopic (exact) mass is 376 g/mol. The van der Waals surface area contributed by atoms with Gasteiger partial charge < -0.3 is 19.5 Å². The van der Waals surface area contributed by atoms with Crippen molar-refractivity contribution >= 4 is 12.4 Å². The summed E-state index contributed by atoms with van der Waals surface area (Å²) in [4.78, 5) is 2.50. The van der Waals surface area contributed by atoms with Crippen LogP contribution in [0.1, 0.15) is 17.2 Å². The van der Waals surface area contributed by atoms with Crippen LogP contribution in [0.3, 0.4) is 0 Å². The summed E-state index contributed by atoms with van der Waals surface area (Å²) in [5.74, 6) is 2.65. The number of fused-ring (bicyclic) bond motifs is 1. The van der Waals surface area contributed by atoms with Gasteiger partial charge in [-0.3, -0.25) is 4.90 Å². The van der Waals surface area contributed by atoms with Crippen molar-refractivity contribution in [2.45, 2.75) is 12.6 Å². The van der Waals surface area contributed by atoms with E-state index in [0.717, 1.165) is 43.4 Å². The van der Waals surface area contributed by atoms with Gasteiger partial charge in [0.05, 0.1) is 13.2 Å². The fourth-order valence-electron chi connectivity index (χ4n) is 3.60. The number of nitrogens with zero attached hydrogens (tertiary/aromatic N) is 1. The molecule has 26 heavy (non-hydrogen) atoms. The number of benzene rings is 2. The minimum atomic E-state index is 0. The topological polar surface area (TPSA) is 43.0 Å². The molecule has 140 valence electrons. The third-order valence-electron chi connectivity index (χ3n) is 4.84. The third kappa shape index (κ3) is 3.90. The van der Waals surface area contributed by atoms with Gasteiger partial charge in [0, 0.05) is 31.7 Å². The maximum Gasteiger partial charge on any atom is 0.161 e. The summed E-state index contributed by atoms with van der Waals surface area (Å²) in [7, 11) is 1.74. The quantitative estimate of drug-likeness (QED) is 0.888. The Kier molecular flexibility index (Phi) is 6.25. The SMILES string of the molecule is COc1ccccc1C1CNCCN1Cc1ccc2c(c1)OCCO2.Cl. The van der Waals surface area contributed by atoms with Crippen LogP contribution in [0.15, 0.2) is 42.5 Å². The first-order valence-electron chi connectivity index (χ1n) is 8.81. The molecule has 5 nitrogen and oxygen atoms in total. The van der Waals surface area contributed by atoms with Gasteiger partial charge >= 0.3 is 0 Å². The van der Waals surface area contributed by atoms with Gasteiger partial charge in [-0.05, 0) is 23.8 Å². The first-order chi connectivity index (χ1) is 12.3. The van der Waals surface area contributed by atoms with Crippen molar-refractivity contribution in [3.8, 4) is 17.2 Å². The number of nitrogens with one attached hydrogen (secondary N) is 1. The second kappa shape index (κ2) is 8.62. The zero-order valence-corrected chi connectivity index (χ0v) is 15.8. The maximum absolute atomic E-state index is 5.73. The minimum Gasteiger partial charge on any atom is -0.496 e. The largest absolute Gasteiger partial charge is 0.496 e. The molecule has 4 rings (SSSR count). The smallest absolute Gasteiger partial charge is 0.161 e. The molecule has 2 heterocycles. The molecule has 0 spiro atoms. The van der Waals surface area contributed by atoms with Gasteiger partial charge in [-0.1, -0.05) is 24.3 Å². The van der Waals surface area contributed by atoms with E-state index in [1.54, 1.807) is 7.11 Å². The average molecular weight is 377 g/mol. The van der Waals surface area contributed by atoms with E-state index in [1.807, 2.05) is 18.2 Å². The predicted molar refractivity (Wildman–Crippen MR) is 104 cm³/mol. The van der Waals surface area contributed by atoms with Crippen LogP contribution in [-0.4, -0.2) is 44.9 Å². The van der Waals surface area contributed by atoms with E-state index in [1.165, 1.54) is 11.1 Å². The zero-order chi connectivity index (χ0) is 17.1. The van der Waals surface area contributed by atoms with Crippen molar-refractivity contribution in [3.63, 3.8) is 0 Å². The zero-order valence-electron chi connectivity index (χ0n) is 14.9. The molecule has 1 N–H and O–H groups in total. The van der Waals surface area contributed by atoms with Crippen LogP contribution >= 0.6 is 12.4 Å². The Morgan fingerprint density at radius 3 is 2.77 bits per heavy atom. The number of halogens is 1. The molecule has 0 amide bonds. The number of piperazine rings is 1. The van der Waals surface area contributed by atoms with Crippen molar-refractivity contribution in [2.75, 3.05) is 40.0 Å². The molecular weight excluding hydrogens is 352 g/mol. The van der Waals surface area contributed by atoms with Crippen molar-refractivity contribution < 1.29 is 14.2 Å². The molecule has 2 aliphatic heterocycles. The second-order valence-corrected chi connectivity index (χ2v) is 6.41. The molecule has 2 aliphatic rings. The van der Waals surface area contributed by atoms with Crippen LogP contribution in [0.5, 0.6) is 17.2 Å². The Morgan fingerprint density at radius 1 is 1.12 bits per heavy atom. The van der Waals surface area contributed by atoms with E-state index in [2.05, 4.69) is 34.5 Å². The highest BCUT2D eigenvalue weighted by Gasteiger charge is 2.26. The van der Waals surface area contributed by atoms with Crippen LogP contribution < -0.4 is 19.5 Å². The molecule has 2 aromatic rings. The van der Waals surface area contributed by atoms with Crippen molar-refractivity contribution in [1.29, 1.82) is 0 Å². The molecule has 0 saturated carbocycles. The fraction of sp³-hybridized carbons (Fsp3) is 0.400. The molecule has 2 aromatic carbocycles. The van der Waals surface area contributed by atoms with Crippen LogP contribution in [0, 0.1) is 0 Å². The number of hydrogen-bond donors (Lipinski definition) is 1. The van der Waals surface area contributed by atoms with E-state index in [-0.39, 0.29) is 18.4 Å². The lowest BCUT2D eigenvalue weighted by Crippen LogP contribution is -2.45. The number of methoxy groups -OCH3 is 1. The number of ether oxygens (including phenoxy) is 3. The van der Waals surface area contributed by atoms with Crippen LogP contribution in [0.4, 0.5) is 0 Å². The maximum atomic E-state index is 5.73. The van der Waals surface area contributed by atoms with Crippen LogP contribution in [0.25, 0.3) is 0 Å². The van der Waals surface area contributed by atoms with E-state index in [9.17, 15) is 0 Å². The molecule has 0 radical (unpaired) electrons. The first kappa shape index (κ1) is 18.8. The molecule has 6 heteroatoms. The van der Waals surface area contributed by atoms with Gasteiger partial charge in [0.15, 0.2) is 11.5 Å². The highest BCUT2D eigenvalue weighted by Crippen LogP contribution is 2.34. The van der Waals surface area contributed by atoms with Crippen LogP contribution in [0.2, 0.25) is 0 Å². The lowest BCUT2D eigenvalue weighted by atomic mass is 10.0. The van der Waals surface area contributed by atoms with Crippen LogP contribution in [-0.2, 0) is 6.54 Å². The fourth-order valence-corrected chi connectivity index (χ4v) is 3.60. The standard InChI is InChI=1S/C20H24N2O3.ClH/c1-23-18-5-3-2-4-16(18)17-13-21-8-9-22(17)14-15-6-7-19-20(12-15)25-11-10-24-19;/h2-7,12,17,21H,8-11,13-14H2,1H3;1H. The molecule has 1 fully saturated rings. The van der Waals surface area contributed by atoms with E-state index in [4.69, 9.17) is 14.2 Å². The highest BCUT2D eigenvalue weighted by atomic mass is 35.5. The van der Waals surface area contributed by atoms with Gasteiger partial charge in [-0.15, -0.1) is 12.4 Å². The van der Waals surface area contributed by atoms with Crippen molar-refractivity contribution in [3.05, 3.63) is 53.6 Å². The molecule has 0 bridgehead atoms. The van der Waals surface area contributed by atoms with Gasteiger partial charge in [0.25, 0.3) is 0 Å². The summed E-state index contributed by atoms with van der Waals surface area (Å²) < 4.78 is 16.9. The van der Waals surface area contributed by atoms with Crippen molar-refractivity contribution in [2.24, 2.45) is 0 Å². The Hall–Kier alpha value is -1.95. The Labute approximate surface area is 160 Å². The molecule has 1 saturated heterocycles. The van der Waals surface area contributed by atoms with Crippen molar-refractivity contribution in [1.82, 2.24) is 10.2 Å². The van der Waals surface area contributed by atoms with Gasteiger partial charge in [0.2, 0.25) is 0 Å². The first-order valence-corrected chi connectivity index (χ1v) is 8.81. The molecule has 1 unspecified atom stereocenters. The summed E-state index contributed by atoms with van der Waals surface area (Å²) >= 11 is 0. The summed E-state index contributed by atoms with van der Waals surface area (Å²) in [6.45, 7) is 5.03. The Bertz CT molecular complexity index is 741. The van der Waals surface area contributed by atoms with E-state index in [0.29, 0.717) is 13.2 Å². The van der Waals surface area contributed by atoms with Gasteiger partial charge in [-0.2, -0.15) is 0 Å². The molecular formula is C20H25ClN2O3. The third-order valence-corrected chi connectivity index (χ3v) is 4.84. The highest BCUT2D eigenvalue weighted by molar-refractivity contribution is 5.85. The summed E-state index contributed by atoms with van der Waals surface area (Å²) in [6, 6.07) is 14.8. The predicted octanol–water partition coefficient (Wildman–Crippen LogP) is 3.03. The normalized spacial score (nSPS) is 19.5. The lowest BCUT2D eigenvalue weighted by Gasteiger charge is -2.37. The molecule has 0 aliphatic carbocycles. The summed E-state index contributed by atoms with van der Waals surface area (Å²) in [5, 5.41) is 3.51. The summed E-state index contributed by atoms with van der Waals surface area (Å²) in [5.41, 5.74) is 2.47. The second-order valence-electron chi connectivity index (χ2n) is 6.41. The average Bonchev–Trinajstić information content (AvgIpc) is 2.68. The van der Waals surface area contributed by atoms with E-state index >= 15 is 0 Å². The number of hydrogen-bond acceptors (Lipinski definition) is 5. The lowest BCUT2D eigenvalue weighted by molar-refractivity contribution is 0.149. The number of rotatable bonds is 4. The van der Waals surface area contributed by atoms with Gasteiger partial charge in [0.1, 0.15) is 19.0 Å². The summed E-state index contributed by atoms with van der Waals surface area (Å²) in [6.07, 6.45) is 0. The Morgan fingerprint density at radius 2 is 1.92 bits per heavy atom. The van der Waals surface area contributed by atoms with E-state index < -0.39 is 0 Å². The Balaban J connectivity index is 0.00000196. The number of para-hydroxylation sites is 1. The minimum absolute atomic E-state index is 0. The molecule has 1 atom stereocenters. The molecule has 0 aromatic heterocycles. The van der Waals surface area contributed by atoms with Gasteiger partial charge in [-0.25, -0.2) is 0 Å².